The van der Waals surface area contributed by atoms with E-state index in [2.05, 4.69) is 6.92 Å². The van der Waals surface area contributed by atoms with E-state index in [1.807, 2.05) is 12.1 Å². The summed E-state index contributed by atoms with van der Waals surface area (Å²) in [5.74, 6) is 0.488. The lowest BCUT2D eigenvalue weighted by atomic mass is 9.78. The summed E-state index contributed by atoms with van der Waals surface area (Å²) in [5, 5.41) is 0. The number of hydrogen-bond donors (Lipinski definition) is 0. The van der Waals surface area contributed by atoms with Crippen LogP contribution in [0.5, 0.6) is 5.75 Å². The summed E-state index contributed by atoms with van der Waals surface area (Å²) in [6, 6.07) is 13.7. The maximum atomic E-state index is 14.4. The Morgan fingerprint density at radius 2 is 1.79 bits per heavy atom. The number of rotatable bonds is 4. The molecule has 0 N–H and O–H groups in total. The van der Waals surface area contributed by atoms with E-state index in [1.165, 1.54) is 25.3 Å². The molecule has 2 nitrogen and oxygen atoms in total. The van der Waals surface area contributed by atoms with Crippen LogP contribution in [-0.4, -0.2) is 5.97 Å². The monoisotopic (exact) mass is 326 g/mol. The molecule has 1 aliphatic rings. The Hall–Kier alpha value is -2.16. The molecule has 2 aromatic rings. The fraction of sp³-hybridized carbons (Fsp3) is 0.381. The third kappa shape index (κ3) is 3.84. The van der Waals surface area contributed by atoms with Crippen molar-refractivity contribution < 1.29 is 13.9 Å². The maximum absolute atomic E-state index is 14.4. The van der Waals surface area contributed by atoms with Gasteiger partial charge in [0.05, 0.1) is 5.56 Å². The third-order valence-electron chi connectivity index (χ3n) is 5.06. The van der Waals surface area contributed by atoms with Crippen LogP contribution in [0.25, 0.3) is 0 Å². The van der Waals surface area contributed by atoms with Crippen molar-refractivity contribution in [3.05, 3.63) is 65.5 Å². The molecule has 0 radical (unpaired) electrons. The molecule has 24 heavy (non-hydrogen) atoms. The molecule has 3 heteroatoms. The number of esters is 1. The molecule has 126 valence electrons. The van der Waals surface area contributed by atoms with E-state index in [-0.39, 0.29) is 5.56 Å². The van der Waals surface area contributed by atoms with Gasteiger partial charge in [-0.3, -0.25) is 0 Å². The second-order valence-electron chi connectivity index (χ2n) is 6.57. The predicted octanol–water partition coefficient (Wildman–Crippen LogP) is 5.73. The first-order valence-electron chi connectivity index (χ1n) is 8.74. The largest absolute Gasteiger partial charge is 0.423 e. The highest BCUT2D eigenvalue weighted by molar-refractivity contribution is 5.91. The van der Waals surface area contributed by atoms with Gasteiger partial charge in [0.25, 0.3) is 0 Å². The second-order valence-corrected chi connectivity index (χ2v) is 6.57. The van der Waals surface area contributed by atoms with Gasteiger partial charge in [-0.2, -0.15) is 0 Å². The first kappa shape index (κ1) is 16.7. The van der Waals surface area contributed by atoms with E-state index in [4.69, 9.17) is 4.74 Å². The van der Waals surface area contributed by atoms with Crippen LogP contribution in [0.4, 0.5) is 4.39 Å². The number of carbonyl (C=O) groups is 1. The third-order valence-corrected chi connectivity index (χ3v) is 5.06. The average molecular weight is 326 g/mol. The summed E-state index contributed by atoms with van der Waals surface area (Å²) in [6.45, 7) is 2.23. The van der Waals surface area contributed by atoms with Gasteiger partial charge in [0.2, 0.25) is 0 Å². The summed E-state index contributed by atoms with van der Waals surface area (Å²) < 4.78 is 19.6. The summed E-state index contributed by atoms with van der Waals surface area (Å²) in [4.78, 5) is 12.1. The van der Waals surface area contributed by atoms with Crippen LogP contribution in [0.3, 0.4) is 0 Å². The van der Waals surface area contributed by atoms with Crippen LogP contribution in [0, 0.1) is 11.7 Å². The highest BCUT2D eigenvalue weighted by Crippen LogP contribution is 2.37. The minimum atomic E-state index is -0.653. The number of benzene rings is 2. The lowest BCUT2D eigenvalue weighted by molar-refractivity contribution is 0.0730. The van der Waals surface area contributed by atoms with Crippen molar-refractivity contribution in [3.8, 4) is 5.75 Å². The maximum Gasteiger partial charge on any atom is 0.346 e. The van der Waals surface area contributed by atoms with E-state index in [0.717, 1.165) is 24.3 Å². The molecule has 0 atom stereocenters. The Bertz CT molecular complexity index is 688. The Balaban J connectivity index is 1.69. The number of hydrogen-bond acceptors (Lipinski definition) is 2. The molecule has 0 bridgehead atoms. The number of ether oxygens (including phenoxy) is 1. The van der Waals surface area contributed by atoms with Crippen molar-refractivity contribution in [1.82, 2.24) is 0 Å². The van der Waals surface area contributed by atoms with E-state index < -0.39 is 11.8 Å². The Labute approximate surface area is 142 Å². The lowest BCUT2D eigenvalue weighted by Crippen LogP contribution is -2.14. The van der Waals surface area contributed by atoms with E-state index >= 15 is 0 Å². The van der Waals surface area contributed by atoms with Crippen LogP contribution < -0.4 is 4.74 Å². The summed E-state index contributed by atoms with van der Waals surface area (Å²) in [7, 11) is 0. The summed E-state index contributed by atoms with van der Waals surface area (Å²) in [5.41, 5.74) is 0.989. The topological polar surface area (TPSA) is 26.3 Å². The van der Waals surface area contributed by atoms with E-state index in [1.54, 1.807) is 30.3 Å². The van der Waals surface area contributed by atoms with Gasteiger partial charge in [-0.15, -0.1) is 0 Å². The molecule has 0 aliphatic heterocycles. The van der Waals surface area contributed by atoms with Gasteiger partial charge < -0.3 is 4.74 Å². The standard InChI is InChI=1S/C21H23FO2/c1-2-15-8-10-16(11-9-15)17-12-13-19(20(22)14-17)21(23)24-18-6-4-3-5-7-18/h3-7,12-16H,2,8-11H2,1H3/t15-,16-. The van der Waals surface area contributed by atoms with Crippen molar-refractivity contribution in [2.75, 3.05) is 0 Å². The fourth-order valence-electron chi connectivity index (χ4n) is 3.51. The molecule has 2 aromatic carbocycles. The predicted molar refractivity (Wildman–Crippen MR) is 92.8 cm³/mol. The first-order chi connectivity index (χ1) is 11.7. The fourth-order valence-corrected chi connectivity index (χ4v) is 3.51. The zero-order chi connectivity index (χ0) is 16.9. The van der Waals surface area contributed by atoms with Crippen LogP contribution in [0.1, 0.15) is 60.9 Å². The van der Waals surface area contributed by atoms with Gasteiger partial charge in [0.15, 0.2) is 0 Å². The molecular formula is C21H23FO2. The smallest absolute Gasteiger partial charge is 0.346 e. The van der Waals surface area contributed by atoms with Crippen LogP contribution in [0.2, 0.25) is 0 Å². The van der Waals surface area contributed by atoms with E-state index in [0.29, 0.717) is 11.7 Å². The Kier molecular flexibility index (Phi) is 5.29. The van der Waals surface area contributed by atoms with Gasteiger partial charge >= 0.3 is 5.97 Å². The SMILES string of the molecule is CC[C@H]1CC[C@H](c2ccc(C(=O)Oc3ccccc3)c(F)c2)CC1. The minimum absolute atomic E-state index is 0.00940. The van der Waals surface area contributed by atoms with Crippen LogP contribution in [-0.2, 0) is 0 Å². The number of para-hydroxylation sites is 1. The highest BCUT2D eigenvalue weighted by atomic mass is 19.1. The zero-order valence-corrected chi connectivity index (χ0v) is 14.0. The second kappa shape index (κ2) is 7.61. The minimum Gasteiger partial charge on any atom is -0.423 e. The van der Waals surface area contributed by atoms with Crippen molar-refractivity contribution >= 4 is 5.97 Å². The van der Waals surface area contributed by atoms with Crippen LogP contribution >= 0.6 is 0 Å². The molecule has 3 rings (SSSR count). The number of carbonyl (C=O) groups excluding carboxylic acids is 1. The average Bonchev–Trinajstić information content (AvgIpc) is 2.62. The van der Waals surface area contributed by atoms with Crippen molar-refractivity contribution in [2.45, 2.75) is 44.9 Å². The Morgan fingerprint density at radius 1 is 1.08 bits per heavy atom. The highest BCUT2D eigenvalue weighted by Gasteiger charge is 2.23. The molecule has 0 amide bonds. The molecular weight excluding hydrogens is 303 g/mol. The van der Waals surface area contributed by atoms with Gasteiger partial charge in [-0.25, -0.2) is 9.18 Å². The first-order valence-corrected chi connectivity index (χ1v) is 8.74. The molecule has 1 fully saturated rings. The van der Waals surface area contributed by atoms with Gasteiger partial charge in [0.1, 0.15) is 11.6 Å². The molecule has 0 spiro atoms. The molecule has 0 heterocycles. The normalized spacial score (nSPS) is 20.6. The van der Waals surface area contributed by atoms with Crippen molar-refractivity contribution in [2.24, 2.45) is 5.92 Å². The van der Waals surface area contributed by atoms with Crippen molar-refractivity contribution in [1.29, 1.82) is 0 Å². The van der Waals surface area contributed by atoms with Gasteiger partial charge in [0, 0.05) is 0 Å². The molecule has 0 unspecified atom stereocenters. The molecule has 1 saturated carbocycles. The van der Waals surface area contributed by atoms with E-state index in [9.17, 15) is 9.18 Å². The summed E-state index contributed by atoms with van der Waals surface area (Å²) in [6.07, 6.45) is 5.85. The van der Waals surface area contributed by atoms with Crippen molar-refractivity contribution in [3.63, 3.8) is 0 Å². The lowest BCUT2D eigenvalue weighted by Gasteiger charge is -2.28. The van der Waals surface area contributed by atoms with Gasteiger partial charge in [-0.05, 0) is 67.3 Å². The Morgan fingerprint density at radius 3 is 2.42 bits per heavy atom. The zero-order valence-electron chi connectivity index (χ0n) is 14.0. The summed E-state index contributed by atoms with van der Waals surface area (Å²) >= 11 is 0. The van der Waals surface area contributed by atoms with Crippen LogP contribution in [0.15, 0.2) is 48.5 Å². The molecule has 0 saturated heterocycles. The van der Waals surface area contributed by atoms with Gasteiger partial charge in [-0.1, -0.05) is 37.6 Å². The molecule has 0 aromatic heterocycles. The molecule has 1 aliphatic carbocycles. The quantitative estimate of drug-likeness (QED) is 0.530. The number of halogens is 1.